The number of halogens is 1. The Balaban J connectivity index is 2.22. The quantitative estimate of drug-likeness (QED) is 0.876. The molecule has 1 unspecified atom stereocenters. The van der Waals surface area contributed by atoms with Crippen LogP contribution in [0.25, 0.3) is 0 Å². The number of benzene rings is 1. The largest absolute Gasteiger partial charge is 0.493 e. The lowest BCUT2D eigenvalue weighted by Gasteiger charge is -2.42. The number of nitrogens with two attached hydrogens (primary N) is 1. The maximum atomic E-state index is 6.54. The van der Waals surface area contributed by atoms with Crippen LogP contribution < -0.4 is 10.5 Å². The average Bonchev–Trinajstić information content (AvgIpc) is 2.87. The van der Waals surface area contributed by atoms with Gasteiger partial charge in [-0.25, -0.2) is 0 Å². The first-order chi connectivity index (χ1) is 9.90. The SMILES string of the molecule is CCN(CC)C(C)(C)C(N)Cc1cc(Cl)cc2c1OCC2. The number of ether oxygens (including phenoxy) is 1. The minimum atomic E-state index is -0.0582. The standard InChI is InChI=1S/C17H27ClN2O/c1-5-20(6-2)17(3,4)15(19)11-13-10-14(18)9-12-7-8-21-16(12)13/h9-10,15H,5-8,11,19H2,1-4H3. The van der Waals surface area contributed by atoms with Gasteiger partial charge in [-0.05, 0) is 56.6 Å². The lowest BCUT2D eigenvalue weighted by atomic mass is 9.87. The van der Waals surface area contributed by atoms with Crippen molar-refractivity contribution in [3.05, 3.63) is 28.3 Å². The molecule has 0 radical (unpaired) electrons. The Labute approximate surface area is 133 Å². The summed E-state index contributed by atoms with van der Waals surface area (Å²) in [5.74, 6) is 1.00. The van der Waals surface area contributed by atoms with Crippen LogP contribution in [0, 0.1) is 0 Å². The van der Waals surface area contributed by atoms with Crippen LogP contribution in [-0.2, 0) is 12.8 Å². The Morgan fingerprint density at radius 3 is 2.62 bits per heavy atom. The van der Waals surface area contributed by atoms with Crippen molar-refractivity contribution in [3.8, 4) is 5.75 Å². The third kappa shape index (κ3) is 3.36. The van der Waals surface area contributed by atoms with Gasteiger partial charge in [0.05, 0.1) is 6.61 Å². The van der Waals surface area contributed by atoms with Crippen LogP contribution in [0.4, 0.5) is 0 Å². The van der Waals surface area contributed by atoms with Crippen molar-refractivity contribution < 1.29 is 4.74 Å². The van der Waals surface area contributed by atoms with E-state index in [1.807, 2.05) is 12.1 Å². The predicted octanol–water partition coefficient (Wildman–Crippen LogP) is 3.27. The Morgan fingerprint density at radius 2 is 2.00 bits per heavy atom. The van der Waals surface area contributed by atoms with Crippen molar-refractivity contribution in [2.45, 2.75) is 52.1 Å². The summed E-state index contributed by atoms with van der Waals surface area (Å²) in [5.41, 5.74) is 8.84. The van der Waals surface area contributed by atoms with Crippen molar-refractivity contribution in [3.63, 3.8) is 0 Å². The molecule has 4 heteroatoms. The molecule has 1 atom stereocenters. The summed E-state index contributed by atoms with van der Waals surface area (Å²) >= 11 is 6.24. The average molecular weight is 311 g/mol. The highest BCUT2D eigenvalue weighted by Gasteiger charge is 2.32. The zero-order chi connectivity index (χ0) is 15.6. The molecule has 0 aliphatic carbocycles. The highest BCUT2D eigenvalue weighted by atomic mass is 35.5. The summed E-state index contributed by atoms with van der Waals surface area (Å²) in [6.45, 7) is 11.5. The summed E-state index contributed by atoms with van der Waals surface area (Å²) in [4.78, 5) is 2.41. The molecule has 1 aliphatic heterocycles. The predicted molar refractivity (Wildman–Crippen MR) is 89.3 cm³/mol. The van der Waals surface area contributed by atoms with Crippen LogP contribution in [-0.4, -0.2) is 36.2 Å². The minimum absolute atomic E-state index is 0.0316. The van der Waals surface area contributed by atoms with E-state index in [2.05, 4.69) is 32.6 Å². The number of nitrogens with zero attached hydrogens (tertiary/aromatic N) is 1. The van der Waals surface area contributed by atoms with Gasteiger partial charge < -0.3 is 10.5 Å². The monoisotopic (exact) mass is 310 g/mol. The molecule has 2 rings (SSSR count). The van der Waals surface area contributed by atoms with E-state index in [4.69, 9.17) is 22.1 Å². The van der Waals surface area contributed by atoms with E-state index in [0.717, 1.165) is 48.9 Å². The van der Waals surface area contributed by atoms with Gasteiger partial charge in [-0.2, -0.15) is 0 Å². The van der Waals surface area contributed by atoms with E-state index >= 15 is 0 Å². The first kappa shape index (κ1) is 16.6. The molecule has 118 valence electrons. The first-order valence-corrected chi connectivity index (χ1v) is 8.22. The number of hydrogen-bond acceptors (Lipinski definition) is 3. The lowest BCUT2D eigenvalue weighted by Crippen LogP contribution is -2.56. The summed E-state index contributed by atoms with van der Waals surface area (Å²) in [7, 11) is 0. The Morgan fingerprint density at radius 1 is 1.33 bits per heavy atom. The van der Waals surface area contributed by atoms with E-state index in [0.29, 0.717) is 0 Å². The first-order valence-electron chi connectivity index (χ1n) is 7.84. The zero-order valence-electron chi connectivity index (χ0n) is 13.6. The molecule has 0 saturated carbocycles. The van der Waals surface area contributed by atoms with Gasteiger partial charge in [0.25, 0.3) is 0 Å². The van der Waals surface area contributed by atoms with Crippen molar-refractivity contribution >= 4 is 11.6 Å². The van der Waals surface area contributed by atoms with Gasteiger partial charge in [-0.15, -0.1) is 0 Å². The van der Waals surface area contributed by atoms with Crippen molar-refractivity contribution in [1.82, 2.24) is 4.90 Å². The number of hydrogen-bond donors (Lipinski definition) is 1. The normalized spacial score (nSPS) is 16.0. The van der Waals surface area contributed by atoms with Gasteiger partial charge in [0.15, 0.2) is 0 Å². The van der Waals surface area contributed by atoms with Crippen LogP contribution in [0.3, 0.4) is 0 Å². The Hall–Kier alpha value is -0.770. The summed E-state index contributed by atoms with van der Waals surface area (Å²) in [6, 6.07) is 4.04. The summed E-state index contributed by atoms with van der Waals surface area (Å²) < 4.78 is 5.78. The van der Waals surface area contributed by atoms with Gasteiger partial charge in [-0.1, -0.05) is 25.4 Å². The van der Waals surface area contributed by atoms with Crippen molar-refractivity contribution in [2.24, 2.45) is 5.73 Å². The molecule has 1 aromatic carbocycles. The Kier molecular flexibility index (Phi) is 5.18. The molecule has 0 saturated heterocycles. The molecule has 2 N–H and O–H groups in total. The molecular weight excluding hydrogens is 284 g/mol. The molecule has 1 aromatic rings. The Bertz CT molecular complexity index is 498. The second-order valence-electron chi connectivity index (χ2n) is 6.29. The van der Waals surface area contributed by atoms with E-state index in [9.17, 15) is 0 Å². The van der Waals surface area contributed by atoms with Crippen molar-refractivity contribution in [1.29, 1.82) is 0 Å². The molecule has 1 heterocycles. The van der Waals surface area contributed by atoms with Crippen LogP contribution >= 0.6 is 11.6 Å². The number of likely N-dealkylation sites (N-methyl/N-ethyl adjacent to an activating group) is 1. The van der Waals surface area contributed by atoms with E-state index < -0.39 is 0 Å². The third-order valence-electron chi connectivity index (χ3n) is 4.75. The molecule has 21 heavy (non-hydrogen) atoms. The smallest absolute Gasteiger partial charge is 0.125 e. The third-order valence-corrected chi connectivity index (χ3v) is 4.97. The van der Waals surface area contributed by atoms with Crippen LogP contribution in [0.2, 0.25) is 5.02 Å². The van der Waals surface area contributed by atoms with Crippen LogP contribution in [0.15, 0.2) is 12.1 Å². The zero-order valence-corrected chi connectivity index (χ0v) is 14.3. The molecule has 0 amide bonds. The van der Waals surface area contributed by atoms with Gasteiger partial charge in [0.1, 0.15) is 5.75 Å². The molecule has 0 spiro atoms. The van der Waals surface area contributed by atoms with E-state index in [1.165, 1.54) is 5.56 Å². The molecule has 0 fully saturated rings. The van der Waals surface area contributed by atoms with Gasteiger partial charge in [-0.3, -0.25) is 4.90 Å². The van der Waals surface area contributed by atoms with Gasteiger partial charge >= 0.3 is 0 Å². The highest BCUT2D eigenvalue weighted by molar-refractivity contribution is 6.30. The highest BCUT2D eigenvalue weighted by Crippen LogP contribution is 2.34. The van der Waals surface area contributed by atoms with Crippen molar-refractivity contribution in [2.75, 3.05) is 19.7 Å². The van der Waals surface area contributed by atoms with E-state index in [-0.39, 0.29) is 11.6 Å². The van der Waals surface area contributed by atoms with Gasteiger partial charge in [0.2, 0.25) is 0 Å². The number of fused-ring (bicyclic) bond motifs is 1. The maximum Gasteiger partial charge on any atom is 0.125 e. The number of rotatable bonds is 6. The molecule has 0 aromatic heterocycles. The molecule has 1 aliphatic rings. The topological polar surface area (TPSA) is 38.5 Å². The molecule has 0 bridgehead atoms. The molecular formula is C17H27ClN2O. The van der Waals surface area contributed by atoms with E-state index in [1.54, 1.807) is 0 Å². The second-order valence-corrected chi connectivity index (χ2v) is 6.72. The fourth-order valence-electron chi connectivity index (χ4n) is 3.26. The second kappa shape index (κ2) is 6.55. The lowest BCUT2D eigenvalue weighted by molar-refractivity contribution is 0.106. The van der Waals surface area contributed by atoms with Gasteiger partial charge in [0, 0.05) is 23.0 Å². The van der Waals surface area contributed by atoms with Crippen LogP contribution in [0.1, 0.15) is 38.8 Å². The fraction of sp³-hybridized carbons (Fsp3) is 0.647. The molecule has 3 nitrogen and oxygen atoms in total. The maximum absolute atomic E-state index is 6.54. The van der Waals surface area contributed by atoms with Crippen LogP contribution in [0.5, 0.6) is 5.75 Å². The minimum Gasteiger partial charge on any atom is -0.493 e. The summed E-state index contributed by atoms with van der Waals surface area (Å²) in [5, 5.41) is 0.780. The summed E-state index contributed by atoms with van der Waals surface area (Å²) in [6.07, 6.45) is 1.73. The fourth-order valence-corrected chi connectivity index (χ4v) is 3.52.